The minimum absolute atomic E-state index is 0.325. The molecule has 0 aliphatic carbocycles. The zero-order valence-electron chi connectivity index (χ0n) is 64.0. The molecule has 15 rings (SSSR count). The van der Waals surface area contributed by atoms with Gasteiger partial charge in [-0.3, -0.25) is 14.4 Å². The number of ketones is 3. The van der Waals surface area contributed by atoms with Gasteiger partial charge in [-0.15, -0.1) is 73.9 Å². The number of guanidine groups is 1. The van der Waals surface area contributed by atoms with Crippen LogP contribution in [0.2, 0.25) is 0 Å². The number of aliphatic hydroxyl groups is 3. The van der Waals surface area contributed by atoms with Gasteiger partial charge in [-0.05, 0) is 171 Å². The highest BCUT2D eigenvalue weighted by atomic mass is 32.2. The monoisotopic (exact) mass is 1620 g/mol. The standard InChI is InChI=1S/C33H29N3O4S2.C33H27NO4S2.C24H31NO4S2/c1-35(2)31(36(3)4)34-32(38)40-19-33(39,21-14-16-29-25(18-21)23-10-6-8-12-27(23)42-29)30(37)20-13-15-28-24(17-20)22-9-5-7-11-26(22)41-28;35-31(21-12-14-29-25(18-21)23-8-2-4-10-27(23)39-29)33(37,20-38-32(36)34-16-6-1-7-17-34)22-13-15-30-26(19-22)24-9-3-5-11-28(24)40-30;1-5-15-25(16-6-2)23(27)29-17-24(28,19-9-13-21(31-4)14-10-19)22(26)18-7-11-20(30-3)12-8-18/h5-18,39H,19H2,1-4H3;2-5,8-15,18-19,37H,1,6-7,16-17,20H2;7-14,28H,5-6,15-17H2,1-4H3. The van der Waals surface area contributed by atoms with E-state index < -0.39 is 72.3 Å². The first kappa shape index (κ1) is 81.0. The van der Waals surface area contributed by atoms with Crippen molar-refractivity contribution in [1.29, 1.82) is 0 Å². The lowest BCUT2D eigenvalue weighted by molar-refractivity contribution is -0.0181. The maximum atomic E-state index is 14.3. The molecule has 3 atom stereocenters. The third-order valence-electron chi connectivity index (χ3n) is 20.1. The van der Waals surface area contributed by atoms with Crippen molar-refractivity contribution in [3.05, 3.63) is 252 Å². The number of carbonyl (C=O) groups excluding carboxylic acids is 6. The molecule has 580 valence electrons. The lowest BCUT2D eigenvalue weighted by Crippen LogP contribution is -2.44. The van der Waals surface area contributed by atoms with E-state index in [4.69, 9.17) is 14.2 Å². The number of amides is 3. The minimum Gasteiger partial charge on any atom is -0.445 e. The SMILES string of the molecule is CCCN(CCC)C(=O)OCC(O)(C(=O)c1ccc(SC)cc1)c1ccc(SC)cc1.CN(C)C(=NC(=O)OCC(O)(C(=O)c1ccc2sc3ccccc3c2c1)c1ccc2sc3ccccc3c2c1)N(C)C.O=C(OCC(O)(C(=O)c1ccc2sc3ccccc3c2c1)c1ccc2sc3ccccc3c2c1)N1CCCCC1. The number of carbonyl (C=O) groups is 6. The van der Waals surface area contributed by atoms with E-state index in [0.717, 1.165) is 123 Å². The molecule has 0 saturated carbocycles. The van der Waals surface area contributed by atoms with E-state index in [9.17, 15) is 44.1 Å². The van der Waals surface area contributed by atoms with Crippen LogP contribution in [0.1, 0.15) is 93.7 Å². The molecule has 1 fully saturated rings. The number of benzene rings is 10. The number of likely N-dealkylation sites (tertiary alicyclic amines) is 1. The first-order valence-electron chi connectivity index (χ1n) is 37.3. The smallest absolute Gasteiger partial charge is 0.436 e. The molecule has 1 aliphatic rings. The van der Waals surface area contributed by atoms with Crippen LogP contribution in [0.25, 0.3) is 80.7 Å². The lowest BCUT2D eigenvalue weighted by atomic mass is 9.85. The number of thioether (sulfide) groups is 2. The zero-order valence-corrected chi connectivity index (χ0v) is 68.9. The second-order valence-electron chi connectivity index (χ2n) is 28.2. The molecule has 4 aromatic heterocycles. The van der Waals surface area contributed by atoms with Crippen molar-refractivity contribution < 1.29 is 58.3 Å². The molecule has 3 N–H and O–H groups in total. The average Bonchev–Trinajstić information content (AvgIpc) is 1.67. The molecule has 1 saturated heterocycles. The zero-order chi connectivity index (χ0) is 79.7. The summed E-state index contributed by atoms with van der Waals surface area (Å²) in [5, 5.41) is 44.0. The largest absolute Gasteiger partial charge is 0.445 e. The number of nitrogens with zero attached hydrogens (tertiary/aromatic N) is 5. The number of rotatable bonds is 21. The lowest BCUT2D eigenvalue weighted by Gasteiger charge is -2.30. The normalized spacial score (nSPS) is 13.8. The molecule has 0 radical (unpaired) electrons. The fourth-order valence-corrected chi connectivity index (χ4v) is 19.3. The predicted molar refractivity (Wildman–Crippen MR) is 465 cm³/mol. The maximum Gasteiger partial charge on any atom is 0.436 e. The molecule has 113 heavy (non-hydrogen) atoms. The molecule has 17 nitrogen and oxygen atoms in total. The Kier molecular flexibility index (Phi) is 25.5. The van der Waals surface area contributed by atoms with Crippen LogP contribution in [0.3, 0.4) is 0 Å². The van der Waals surface area contributed by atoms with Crippen LogP contribution in [0.15, 0.2) is 233 Å². The summed E-state index contributed by atoms with van der Waals surface area (Å²) in [6.07, 6.45) is 6.53. The molecule has 0 bridgehead atoms. The van der Waals surface area contributed by atoms with Gasteiger partial charge in [0.2, 0.25) is 23.3 Å². The van der Waals surface area contributed by atoms with Crippen LogP contribution in [0.5, 0.6) is 0 Å². The summed E-state index contributed by atoms with van der Waals surface area (Å²) in [5.41, 5.74) is -3.96. The number of piperidine rings is 1. The van der Waals surface area contributed by atoms with Gasteiger partial charge in [0.05, 0.1) is 0 Å². The summed E-state index contributed by atoms with van der Waals surface area (Å²) in [6, 6.07) is 68.5. The number of thiophene rings is 4. The molecular weight excluding hydrogens is 1540 g/mol. The first-order valence-corrected chi connectivity index (χ1v) is 43.0. The summed E-state index contributed by atoms with van der Waals surface area (Å²) < 4.78 is 25.4. The number of Topliss-reactive ketones (excluding diaryl/α,β-unsaturated/α-hetero) is 3. The minimum atomic E-state index is -2.15. The highest BCUT2D eigenvalue weighted by Crippen LogP contribution is 2.43. The first-order chi connectivity index (χ1) is 54.5. The maximum absolute atomic E-state index is 14.3. The topological polar surface area (TPSA) is 216 Å². The van der Waals surface area contributed by atoms with E-state index >= 15 is 0 Å². The summed E-state index contributed by atoms with van der Waals surface area (Å²) in [5.74, 6) is -1.18. The molecule has 3 amide bonds. The van der Waals surface area contributed by atoms with Gasteiger partial charge in [0.25, 0.3) is 0 Å². The quantitative estimate of drug-likeness (QED) is 0.0200. The van der Waals surface area contributed by atoms with E-state index in [2.05, 4.69) is 17.1 Å². The number of aliphatic imine (C=N–C) groups is 1. The average molecular weight is 1620 g/mol. The Bertz CT molecular complexity index is 5870. The third kappa shape index (κ3) is 17.4. The highest BCUT2D eigenvalue weighted by Gasteiger charge is 2.44. The predicted octanol–water partition coefficient (Wildman–Crippen LogP) is 20.7. The Balaban J connectivity index is 0.000000150. The van der Waals surface area contributed by atoms with Gasteiger partial charge in [0.15, 0.2) is 16.8 Å². The second-order valence-corrected chi connectivity index (χ2v) is 34.3. The number of hydrogen-bond donors (Lipinski definition) is 3. The number of ether oxygens (including phenoxy) is 3. The molecule has 5 heterocycles. The molecule has 23 heteroatoms. The van der Waals surface area contributed by atoms with Crippen LogP contribution in [-0.4, -0.2) is 163 Å². The van der Waals surface area contributed by atoms with Gasteiger partial charge in [-0.1, -0.05) is 123 Å². The summed E-state index contributed by atoms with van der Waals surface area (Å²) in [6.45, 7) is 4.85. The number of fused-ring (bicyclic) bond motifs is 12. The van der Waals surface area contributed by atoms with Crippen molar-refractivity contribution in [2.45, 2.75) is 72.5 Å². The fraction of sp³-hybridized carbons (Fsp3) is 0.256. The van der Waals surface area contributed by atoms with Gasteiger partial charge >= 0.3 is 18.3 Å². The molecule has 10 aromatic carbocycles. The van der Waals surface area contributed by atoms with E-state index in [-0.39, 0.29) is 0 Å². The van der Waals surface area contributed by atoms with Gasteiger partial charge in [-0.2, -0.15) is 0 Å². The van der Waals surface area contributed by atoms with Gasteiger partial charge in [0.1, 0.15) is 19.8 Å². The number of hydrogen-bond acceptors (Lipinski definition) is 18. The van der Waals surface area contributed by atoms with Crippen molar-refractivity contribution in [2.75, 3.05) is 86.7 Å². The molecule has 14 aromatic rings. The molecule has 3 unspecified atom stereocenters. The Labute approximate surface area is 680 Å². The van der Waals surface area contributed by atoms with E-state index in [0.29, 0.717) is 65.5 Å². The Morgan fingerprint density at radius 3 is 1.15 bits per heavy atom. The van der Waals surface area contributed by atoms with Crippen LogP contribution < -0.4 is 0 Å². The van der Waals surface area contributed by atoms with Gasteiger partial charge < -0.3 is 49.1 Å². The summed E-state index contributed by atoms with van der Waals surface area (Å²) >= 11 is 9.77. The van der Waals surface area contributed by atoms with Crippen molar-refractivity contribution in [1.82, 2.24) is 19.6 Å². The summed E-state index contributed by atoms with van der Waals surface area (Å²) in [4.78, 5) is 93.0. The Morgan fingerprint density at radius 1 is 0.407 bits per heavy atom. The fourth-order valence-electron chi connectivity index (χ4n) is 14.2. The van der Waals surface area contributed by atoms with E-state index in [1.54, 1.807) is 165 Å². The van der Waals surface area contributed by atoms with Crippen molar-refractivity contribution in [2.24, 2.45) is 4.99 Å². The Morgan fingerprint density at radius 2 is 0.743 bits per heavy atom. The summed E-state index contributed by atoms with van der Waals surface area (Å²) in [7, 11) is 7.04. The van der Waals surface area contributed by atoms with Crippen molar-refractivity contribution in [3.63, 3.8) is 0 Å². The van der Waals surface area contributed by atoms with Gasteiger partial charge in [-0.25, -0.2) is 14.4 Å². The van der Waals surface area contributed by atoms with Crippen LogP contribution in [0.4, 0.5) is 14.4 Å². The van der Waals surface area contributed by atoms with Crippen LogP contribution in [-0.2, 0) is 31.0 Å². The third-order valence-corrected chi connectivity index (χ3v) is 26.2. The Hall–Kier alpha value is -10.1. The van der Waals surface area contributed by atoms with Crippen molar-refractivity contribution in [3.8, 4) is 0 Å². The molecular formula is C90H87N5O12S6. The van der Waals surface area contributed by atoms with E-state index in [1.165, 1.54) is 0 Å². The van der Waals surface area contributed by atoms with Gasteiger partial charge in [0, 0.05) is 162 Å². The van der Waals surface area contributed by atoms with Crippen LogP contribution >= 0.6 is 68.9 Å². The van der Waals surface area contributed by atoms with E-state index in [1.807, 2.05) is 184 Å². The molecule has 1 aliphatic heterocycles. The molecule has 0 spiro atoms. The second kappa shape index (κ2) is 35.6. The van der Waals surface area contributed by atoms with Crippen molar-refractivity contribution >= 4 is 191 Å². The highest BCUT2D eigenvalue weighted by molar-refractivity contribution is 7.98. The van der Waals surface area contributed by atoms with Crippen LogP contribution in [0, 0.1) is 0 Å².